The smallest absolute Gasteiger partial charge is 0.268 e. The van der Waals surface area contributed by atoms with Gasteiger partial charge in [-0.15, -0.1) is 0 Å². The van der Waals surface area contributed by atoms with E-state index in [1.165, 1.54) is 23.2 Å². The predicted molar refractivity (Wildman–Crippen MR) is 93.1 cm³/mol. The largest absolute Gasteiger partial charge is 0.372 e. The number of nitrogens with one attached hydrogen (secondary N) is 1. The van der Waals surface area contributed by atoms with Crippen LogP contribution in [0, 0.1) is 5.82 Å². The van der Waals surface area contributed by atoms with Crippen molar-refractivity contribution >= 4 is 29.1 Å². The number of nitrogens with zero attached hydrogens (tertiary/aromatic N) is 3. The molecule has 7 nitrogen and oxygen atoms in total. The Kier molecular flexibility index (Phi) is 4.97. The summed E-state index contributed by atoms with van der Waals surface area (Å²) in [6.45, 7) is 2.54. The topological polar surface area (TPSA) is 87.5 Å². The van der Waals surface area contributed by atoms with Gasteiger partial charge in [-0.05, 0) is 13.0 Å². The minimum Gasteiger partial charge on any atom is -0.372 e. The van der Waals surface area contributed by atoms with Gasteiger partial charge in [0, 0.05) is 37.8 Å². The Bertz CT molecular complexity index is 856. The second kappa shape index (κ2) is 7.05. The summed E-state index contributed by atoms with van der Waals surface area (Å²) in [5.74, 6) is -2.24. The average molecular weight is 381 g/mol. The van der Waals surface area contributed by atoms with Gasteiger partial charge in [-0.1, -0.05) is 23.7 Å². The maximum atomic E-state index is 13.9. The normalized spacial score (nSPS) is 19.8. The van der Waals surface area contributed by atoms with Crippen LogP contribution in [0.5, 0.6) is 0 Å². The number of carbonyl (C=O) groups excluding carboxylic acids is 2. The number of aromatic nitrogens is 2. The van der Waals surface area contributed by atoms with Crippen LogP contribution in [0.15, 0.2) is 30.6 Å². The standard InChI is InChI=1S/C17H18ClFN4O3/c1-2-22-10-12(9-21-22)23-7-6-17(26,16(23)25)15(24)20-8-11-4-3-5-13(18)14(11)19/h3-5,9-10,26H,2,6-8H2,1H3,(H,20,24)/t17-/m1/s1. The lowest BCUT2D eigenvalue weighted by Gasteiger charge is -2.21. The van der Waals surface area contributed by atoms with E-state index < -0.39 is 23.2 Å². The Labute approximate surface area is 154 Å². The highest BCUT2D eigenvalue weighted by molar-refractivity contribution is 6.30. The first-order valence-electron chi connectivity index (χ1n) is 8.15. The van der Waals surface area contributed by atoms with Gasteiger partial charge in [-0.2, -0.15) is 5.10 Å². The van der Waals surface area contributed by atoms with Crippen molar-refractivity contribution < 1.29 is 19.1 Å². The van der Waals surface area contributed by atoms with Crippen LogP contribution in [-0.4, -0.2) is 38.8 Å². The molecule has 3 rings (SSSR count). The van der Waals surface area contributed by atoms with Crippen LogP contribution >= 0.6 is 11.6 Å². The summed E-state index contributed by atoms with van der Waals surface area (Å²) >= 11 is 5.70. The molecule has 1 saturated heterocycles. The zero-order chi connectivity index (χ0) is 18.9. The molecular formula is C17H18ClFN4O3. The molecule has 0 spiro atoms. The van der Waals surface area contributed by atoms with Crippen molar-refractivity contribution in [2.45, 2.75) is 32.0 Å². The van der Waals surface area contributed by atoms with Crippen molar-refractivity contribution in [3.63, 3.8) is 0 Å². The molecule has 1 aliphatic rings. The Balaban J connectivity index is 1.70. The Morgan fingerprint density at radius 1 is 1.50 bits per heavy atom. The van der Waals surface area contributed by atoms with Crippen molar-refractivity contribution in [2.24, 2.45) is 0 Å². The second-order valence-electron chi connectivity index (χ2n) is 6.02. The minimum atomic E-state index is -2.19. The number of aliphatic hydroxyl groups is 1. The lowest BCUT2D eigenvalue weighted by atomic mass is 10.0. The molecule has 2 heterocycles. The zero-order valence-electron chi connectivity index (χ0n) is 14.1. The number of anilines is 1. The SMILES string of the molecule is CCn1cc(N2CC[C@@](O)(C(=O)NCc3cccc(Cl)c3F)C2=O)cn1. The first-order valence-corrected chi connectivity index (χ1v) is 8.52. The quantitative estimate of drug-likeness (QED) is 0.769. The van der Waals surface area contributed by atoms with Gasteiger partial charge in [0.2, 0.25) is 5.60 Å². The maximum Gasteiger partial charge on any atom is 0.268 e. The van der Waals surface area contributed by atoms with E-state index >= 15 is 0 Å². The summed E-state index contributed by atoms with van der Waals surface area (Å²) < 4.78 is 15.5. The summed E-state index contributed by atoms with van der Waals surface area (Å²) in [4.78, 5) is 26.3. The van der Waals surface area contributed by atoms with Crippen LogP contribution in [0.25, 0.3) is 0 Å². The van der Waals surface area contributed by atoms with Gasteiger partial charge < -0.3 is 15.3 Å². The number of halogens is 2. The first kappa shape index (κ1) is 18.3. The lowest BCUT2D eigenvalue weighted by molar-refractivity contribution is -0.149. The van der Waals surface area contributed by atoms with Gasteiger partial charge >= 0.3 is 0 Å². The van der Waals surface area contributed by atoms with Crippen LogP contribution < -0.4 is 10.2 Å². The van der Waals surface area contributed by atoms with Crippen LogP contribution in [0.4, 0.5) is 10.1 Å². The van der Waals surface area contributed by atoms with E-state index in [0.29, 0.717) is 12.2 Å². The number of amides is 2. The van der Waals surface area contributed by atoms with E-state index in [9.17, 15) is 19.1 Å². The van der Waals surface area contributed by atoms with Gasteiger partial charge in [0.15, 0.2) is 0 Å². The lowest BCUT2D eigenvalue weighted by Crippen LogP contribution is -2.52. The van der Waals surface area contributed by atoms with Gasteiger partial charge in [0.25, 0.3) is 11.8 Å². The Hall–Kier alpha value is -2.45. The molecule has 1 aromatic heterocycles. The number of hydrogen-bond acceptors (Lipinski definition) is 4. The minimum absolute atomic E-state index is 0.0625. The third kappa shape index (κ3) is 3.17. The van der Waals surface area contributed by atoms with E-state index in [2.05, 4.69) is 10.4 Å². The van der Waals surface area contributed by atoms with E-state index in [-0.39, 0.29) is 30.1 Å². The maximum absolute atomic E-state index is 13.9. The summed E-state index contributed by atoms with van der Waals surface area (Å²) in [6, 6.07) is 4.41. The molecule has 0 unspecified atom stereocenters. The summed E-state index contributed by atoms with van der Waals surface area (Å²) in [6.07, 6.45) is 3.11. The molecule has 0 radical (unpaired) electrons. The summed E-state index contributed by atoms with van der Waals surface area (Å²) in [5.41, 5.74) is -1.51. The van der Waals surface area contributed by atoms with Crippen LogP contribution in [0.1, 0.15) is 18.9 Å². The van der Waals surface area contributed by atoms with E-state index in [4.69, 9.17) is 11.6 Å². The van der Waals surface area contributed by atoms with Gasteiger partial charge in [-0.3, -0.25) is 14.3 Å². The van der Waals surface area contributed by atoms with Crippen molar-refractivity contribution in [3.05, 3.63) is 47.0 Å². The fourth-order valence-electron chi connectivity index (χ4n) is 2.83. The van der Waals surface area contributed by atoms with Gasteiger partial charge in [0.05, 0.1) is 16.9 Å². The van der Waals surface area contributed by atoms with Crippen molar-refractivity contribution in [1.29, 1.82) is 0 Å². The fourth-order valence-corrected chi connectivity index (χ4v) is 3.03. The molecule has 2 aromatic rings. The summed E-state index contributed by atoms with van der Waals surface area (Å²) in [5, 5.41) is 17.0. The molecule has 0 aliphatic carbocycles. The predicted octanol–water partition coefficient (Wildman–Crippen LogP) is 1.48. The molecule has 26 heavy (non-hydrogen) atoms. The molecule has 1 aliphatic heterocycles. The molecule has 1 atom stereocenters. The number of aryl methyl sites for hydroxylation is 1. The number of carbonyl (C=O) groups is 2. The second-order valence-corrected chi connectivity index (χ2v) is 6.42. The monoisotopic (exact) mass is 380 g/mol. The van der Waals surface area contributed by atoms with Gasteiger partial charge in [0.1, 0.15) is 5.82 Å². The molecule has 1 aromatic carbocycles. The highest BCUT2D eigenvalue weighted by atomic mass is 35.5. The Morgan fingerprint density at radius 2 is 2.27 bits per heavy atom. The number of benzene rings is 1. The molecular weight excluding hydrogens is 363 g/mol. The third-order valence-electron chi connectivity index (χ3n) is 4.40. The fraction of sp³-hybridized carbons (Fsp3) is 0.353. The molecule has 2 N–H and O–H groups in total. The number of hydrogen-bond donors (Lipinski definition) is 2. The van der Waals surface area contributed by atoms with Crippen LogP contribution in [-0.2, 0) is 22.7 Å². The summed E-state index contributed by atoms with van der Waals surface area (Å²) in [7, 11) is 0. The van der Waals surface area contributed by atoms with Crippen molar-refractivity contribution in [1.82, 2.24) is 15.1 Å². The molecule has 0 bridgehead atoms. The highest BCUT2D eigenvalue weighted by Gasteiger charge is 2.51. The number of rotatable bonds is 5. The van der Waals surface area contributed by atoms with Gasteiger partial charge in [-0.25, -0.2) is 4.39 Å². The first-order chi connectivity index (χ1) is 12.4. The molecule has 9 heteroatoms. The Morgan fingerprint density at radius 3 is 2.96 bits per heavy atom. The van der Waals surface area contributed by atoms with Crippen molar-refractivity contribution in [2.75, 3.05) is 11.4 Å². The van der Waals surface area contributed by atoms with E-state index in [0.717, 1.165) is 0 Å². The zero-order valence-corrected chi connectivity index (χ0v) is 14.8. The average Bonchev–Trinajstić information content (AvgIpc) is 3.22. The van der Waals surface area contributed by atoms with Crippen LogP contribution in [0.2, 0.25) is 5.02 Å². The molecule has 2 amide bonds. The van der Waals surface area contributed by atoms with Crippen LogP contribution in [0.3, 0.4) is 0 Å². The van der Waals surface area contributed by atoms with E-state index in [1.54, 1.807) is 16.9 Å². The molecule has 0 saturated carbocycles. The molecule has 1 fully saturated rings. The van der Waals surface area contributed by atoms with Crippen molar-refractivity contribution in [3.8, 4) is 0 Å². The molecule has 138 valence electrons. The third-order valence-corrected chi connectivity index (χ3v) is 4.69. The van der Waals surface area contributed by atoms with E-state index in [1.807, 2.05) is 6.92 Å². The highest BCUT2D eigenvalue weighted by Crippen LogP contribution is 2.28.